The van der Waals surface area contributed by atoms with Gasteiger partial charge in [0, 0.05) is 0 Å². The first-order valence-corrected chi connectivity index (χ1v) is 9.72. The number of epoxide rings is 2. The molecule has 9 nitrogen and oxygen atoms in total. The van der Waals surface area contributed by atoms with Gasteiger partial charge in [-0.1, -0.05) is 0 Å². The number of ether oxygens (including phenoxy) is 9. The molecule has 2 unspecified atom stereocenters. The lowest BCUT2D eigenvalue weighted by molar-refractivity contribution is -0.0212. The van der Waals surface area contributed by atoms with Gasteiger partial charge < -0.3 is 42.6 Å². The first-order valence-electron chi connectivity index (χ1n) is 9.72. The molecule has 0 radical (unpaired) electrons. The predicted molar refractivity (Wildman–Crippen MR) is 95.2 cm³/mol. The van der Waals surface area contributed by atoms with Crippen LogP contribution < -0.4 is 0 Å². The van der Waals surface area contributed by atoms with E-state index in [4.69, 9.17) is 42.6 Å². The van der Waals surface area contributed by atoms with Gasteiger partial charge >= 0.3 is 0 Å². The summed E-state index contributed by atoms with van der Waals surface area (Å²) >= 11 is 0. The standard InChI is InChI=1S/C18H34O9/c1(3-20-5-7-22-9-11-24-13-17-15-26-17)19-2-4-21-6-8-23-10-12-25-14-18-16-27-18/h17-18H,1-16H2. The lowest BCUT2D eigenvalue weighted by Gasteiger charge is -2.08. The van der Waals surface area contributed by atoms with Gasteiger partial charge in [-0.2, -0.15) is 0 Å². The fourth-order valence-electron chi connectivity index (χ4n) is 1.98. The van der Waals surface area contributed by atoms with Gasteiger partial charge in [0.25, 0.3) is 0 Å². The predicted octanol–water partition coefficient (Wildman–Crippen LogP) is -0.0998. The summed E-state index contributed by atoms with van der Waals surface area (Å²) in [5.41, 5.74) is 0. The van der Waals surface area contributed by atoms with Crippen LogP contribution in [0.4, 0.5) is 0 Å². The van der Waals surface area contributed by atoms with E-state index in [1.165, 1.54) is 0 Å². The van der Waals surface area contributed by atoms with Gasteiger partial charge in [-0.3, -0.25) is 0 Å². The minimum Gasteiger partial charge on any atom is -0.377 e. The molecular weight excluding hydrogens is 360 g/mol. The Morgan fingerprint density at radius 3 is 0.852 bits per heavy atom. The van der Waals surface area contributed by atoms with Crippen LogP contribution in [-0.4, -0.2) is 118 Å². The molecule has 0 aromatic rings. The van der Waals surface area contributed by atoms with Gasteiger partial charge in [0.1, 0.15) is 12.2 Å². The zero-order valence-electron chi connectivity index (χ0n) is 16.1. The summed E-state index contributed by atoms with van der Waals surface area (Å²) in [6.45, 7) is 9.76. The van der Waals surface area contributed by atoms with Crippen LogP contribution in [0.15, 0.2) is 0 Å². The Morgan fingerprint density at radius 1 is 0.407 bits per heavy atom. The van der Waals surface area contributed by atoms with E-state index in [9.17, 15) is 0 Å². The second-order valence-corrected chi connectivity index (χ2v) is 6.12. The maximum absolute atomic E-state index is 5.41. The summed E-state index contributed by atoms with van der Waals surface area (Å²) in [4.78, 5) is 0. The molecular formula is C18H34O9. The Morgan fingerprint density at radius 2 is 0.630 bits per heavy atom. The smallest absolute Gasteiger partial charge is 0.104 e. The maximum atomic E-state index is 5.41. The van der Waals surface area contributed by atoms with E-state index in [-0.39, 0.29) is 0 Å². The van der Waals surface area contributed by atoms with Crippen LogP contribution >= 0.6 is 0 Å². The van der Waals surface area contributed by atoms with Gasteiger partial charge in [-0.25, -0.2) is 0 Å². The van der Waals surface area contributed by atoms with E-state index >= 15 is 0 Å². The van der Waals surface area contributed by atoms with E-state index in [2.05, 4.69) is 0 Å². The van der Waals surface area contributed by atoms with E-state index in [0.29, 0.717) is 105 Å². The largest absolute Gasteiger partial charge is 0.377 e. The highest BCUT2D eigenvalue weighted by Gasteiger charge is 2.22. The number of hydrogen-bond donors (Lipinski definition) is 0. The Labute approximate surface area is 161 Å². The van der Waals surface area contributed by atoms with Crippen molar-refractivity contribution in [1.29, 1.82) is 0 Å². The lowest BCUT2D eigenvalue weighted by Crippen LogP contribution is -2.15. The summed E-state index contributed by atoms with van der Waals surface area (Å²) in [7, 11) is 0. The second-order valence-electron chi connectivity index (χ2n) is 6.12. The zero-order valence-corrected chi connectivity index (χ0v) is 16.1. The quantitative estimate of drug-likeness (QED) is 0.184. The molecule has 0 spiro atoms. The van der Waals surface area contributed by atoms with Crippen molar-refractivity contribution in [3.05, 3.63) is 0 Å². The van der Waals surface area contributed by atoms with Crippen LogP contribution in [0.1, 0.15) is 0 Å². The van der Waals surface area contributed by atoms with E-state index in [1.807, 2.05) is 0 Å². The SMILES string of the molecule is C(COCCOCCOCC1CO1)OCCOCCOCCOCC1CO1. The molecule has 0 saturated carbocycles. The summed E-state index contributed by atoms with van der Waals surface area (Å²) in [6, 6.07) is 0. The van der Waals surface area contributed by atoms with Crippen LogP contribution in [0, 0.1) is 0 Å². The molecule has 0 aromatic carbocycles. The molecule has 160 valence electrons. The summed E-state index contributed by atoms with van der Waals surface area (Å²) in [6.07, 6.45) is 0.620. The Hall–Kier alpha value is -0.360. The van der Waals surface area contributed by atoms with Gasteiger partial charge in [0.15, 0.2) is 0 Å². The highest BCUT2D eigenvalue weighted by Crippen LogP contribution is 2.08. The third kappa shape index (κ3) is 16.3. The van der Waals surface area contributed by atoms with Crippen molar-refractivity contribution in [1.82, 2.24) is 0 Å². The summed E-state index contributed by atoms with van der Waals surface area (Å²) in [5.74, 6) is 0. The highest BCUT2D eigenvalue weighted by atomic mass is 16.6. The van der Waals surface area contributed by atoms with Crippen molar-refractivity contribution >= 4 is 0 Å². The molecule has 0 amide bonds. The van der Waals surface area contributed by atoms with E-state index in [0.717, 1.165) is 13.2 Å². The first-order chi connectivity index (χ1) is 13.4. The average Bonchev–Trinajstić information content (AvgIpc) is 3.58. The third-order valence-electron chi connectivity index (χ3n) is 3.64. The molecule has 0 aliphatic carbocycles. The molecule has 2 heterocycles. The van der Waals surface area contributed by atoms with Crippen molar-refractivity contribution in [2.24, 2.45) is 0 Å². The van der Waals surface area contributed by atoms with Crippen LogP contribution in [-0.2, 0) is 42.6 Å². The average molecular weight is 394 g/mol. The third-order valence-corrected chi connectivity index (χ3v) is 3.64. The van der Waals surface area contributed by atoms with Gasteiger partial charge in [-0.05, 0) is 0 Å². The Balaban J connectivity index is 1.13. The molecule has 27 heavy (non-hydrogen) atoms. The fourth-order valence-corrected chi connectivity index (χ4v) is 1.98. The van der Waals surface area contributed by atoms with Crippen molar-refractivity contribution in [3.8, 4) is 0 Å². The van der Waals surface area contributed by atoms with Gasteiger partial charge in [-0.15, -0.1) is 0 Å². The van der Waals surface area contributed by atoms with Crippen molar-refractivity contribution in [2.75, 3.05) is 106 Å². The zero-order chi connectivity index (χ0) is 18.8. The molecule has 2 aliphatic rings. The first kappa shape index (κ1) is 22.9. The fraction of sp³-hybridized carbons (Fsp3) is 1.00. The summed E-state index contributed by atoms with van der Waals surface area (Å²) in [5, 5.41) is 0. The van der Waals surface area contributed by atoms with Crippen LogP contribution in [0.2, 0.25) is 0 Å². The van der Waals surface area contributed by atoms with Crippen LogP contribution in [0.3, 0.4) is 0 Å². The van der Waals surface area contributed by atoms with Gasteiger partial charge in [0.05, 0.1) is 106 Å². The highest BCUT2D eigenvalue weighted by molar-refractivity contribution is 4.67. The molecule has 2 saturated heterocycles. The molecule has 9 heteroatoms. The summed E-state index contributed by atoms with van der Waals surface area (Å²) < 4.78 is 47.8. The molecule has 0 bridgehead atoms. The van der Waals surface area contributed by atoms with Crippen molar-refractivity contribution in [3.63, 3.8) is 0 Å². The van der Waals surface area contributed by atoms with E-state index < -0.39 is 0 Å². The molecule has 2 aliphatic heterocycles. The van der Waals surface area contributed by atoms with Crippen molar-refractivity contribution < 1.29 is 42.6 Å². The molecule has 2 fully saturated rings. The molecule has 2 atom stereocenters. The second kappa shape index (κ2) is 16.6. The monoisotopic (exact) mass is 394 g/mol. The normalized spacial score (nSPS) is 20.9. The molecule has 0 N–H and O–H groups in total. The lowest BCUT2D eigenvalue weighted by atomic mass is 10.5. The Bertz CT molecular complexity index is 294. The Kier molecular flexibility index (Phi) is 14.1. The van der Waals surface area contributed by atoms with Gasteiger partial charge in [0.2, 0.25) is 0 Å². The van der Waals surface area contributed by atoms with E-state index in [1.54, 1.807) is 0 Å². The maximum Gasteiger partial charge on any atom is 0.104 e. The molecule has 0 aromatic heterocycles. The number of hydrogen-bond acceptors (Lipinski definition) is 9. The minimum absolute atomic E-state index is 0.310. The molecule has 2 rings (SSSR count). The van der Waals surface area contributed by atoms with Crippen LogP contribution in [0.25, 0.3) is 0 Å². The van der Waals surface area contributed by atoms with Crippen LogP contribution in [0.5, 0.6) is 0 Å². The minimum atomic E-state index is 0.310. The number of rotatable bonds is 22. The topological polar surface area (TPSA) is 89.7 Å². The van der Waals surface area contributed by atoms with Crippen molar-refractivity contribution in [2.45, 2.75) is 12.2 Å².